The van der Waals surface area contributed by atoms with Crippen LogP contribution in [0.1, 0.15) is 10.4 Å². The number of carbonyl (C=O) groups is 2. The molecule has 0 atom stereocenters. The summed E-state index contributed by atoms with van der Waals surface area (Å²) in [7, 11) is 0. The molecule has 2 aromatic rings. The monoisotopic (exact) mass is 262 g/mol. The van der Waals surface area contributed by atoms with E-state index in [0.717, 1.165) is 0 Å². The highest BCUT2D eigenvalue weighted by Gasteiger charge is 2.17. The number of aromatic carboxylic acids is 1. The lowest BCUT2D eigenvalue weighted by atomic mass is 10.3. The number of aromatic nitrogens is 3. The predicted octanol–water partition coefficient (Wildman–Crippen LogP) is 1.16. The number of ether oxygens (including phenoxy) is 1. The summed E-state index contributed by atoms with van der Waals surface area (Å²) in [5.74, 6) is -1.10. The number of nitrogens with zero attached hydrogens (tertiary/aromatic N) is 3. The Morgan fingerprint density at radius 3 is 3.05 bits per heavy atom. The fraction of sp³-hybridized carbons (Fsp3) is 0.0909. The molecule has 0 spiro atoms. The van der Waals surface area contributed by atoms with Crippen LogP contribution in [-0.4, -0.2) is 38.4 Å². The predicted molar refractivity (Wildman–Crippen MR) is 65.1 cm³/mol. The van der Waals surface area contributed by atoms with E-state index in [1.807, 2.05) is 0 Å². The molecule has 2 heterocycles. The summed E-state index contributed by atoms with van der Waals surface area (Å²) in [6.07, 6.45) is 4.70. The van der Waals surface area contributed by atoms with Gasteiger partial charge in [-0.1, -0.05) is 12.7 Å². The van der Waals surface area contributed by atoms with E-state index in [-0.39, 0.29) is 23.5 Å². The van der Waals surface area contributed by atoms with Crippen molar-refractivity contribution in [2.24, 2.45) is 0 Å². The van der Waals surface area contributed by atoms with Crippen molar-refractivity contribution in [3.8, 4) is 0 Å². The van der Waals surface area contributed by atoms with Crippen LogP contribution in [0.5, 0.6) is 0 Å². The number of rotatable bonds is 4. The highest BCUT2D eigenvalue weighted by molar-refractivity contribution is 6.01. The van der Waals surface area contributed by atoms with Crippen LogP contribution in [0.3, 0.4) is 0 Å². The summed E-state index contributed by atoms with van der Waals surface area (Å²) in [6.45, 7) is 3.45. The molecule has 0 aliphatic heterocycles. The summed E-state index contributed by atoms with van der Waals surface area (Å²) in [6, 6.07) is 0. The SMILES string of the molecule is C=CCOC(=O)Nc1nccn2ncc(C(=O)O)c12. The molecule has 19 heavy (non-hydrogen) atoms. The van der Waals surface area contributed by atoms with E-state index in [1.54, 1.807) is 0 Å². The topological polar surface area (TPSA) is 106 Å². The zero-order valence-corrected chi connectivity index (χ0v) is 9.74. The van der Waals surface area contributed by atoms with E-state index in [9.17, 15) is 9.59 Å². The number of carboxylic acid groups (broad SMARTS) is 1. The van der Waals surface area contributed by atoms with Gasteiger partial charge >= 0.3 is 12.1 Å². The first kappa shape index (κ1) is 12.6. The normalized spacial score (nSPS) is 10.1. The standard InChI is InChI=1S/C11H10N4O4/c1-2-5-19-11(18)14-9-8-7(10(16)17)6-13-15(8)4-3-12-9/h2-4,6H,1,5H2,(H,16,17)(H,12,14,18). The minimum atomic E-state index is -1.16. The largest absolute Gasteiger partial charge is 0.478 e. The Hall–Kier alpha value is -2.90. The summed E-state index contributed by atoms with van der Waals surface area (Å²) in [5.41, 5.74) is 0.123. The van der Waals surface area contributed by atoms with E-state index >= 15 is 0 Å². The molecule has 8 heteroatoms. The van der Waals surface area contributed by atoms with Crippen LogP contribution in [0.15, 0.2) is 31.2 Å². The number of hydrogen-bond acceptors (Lipinski definition) is 5. The van der Waals surface area contributed by atoms with Crippen LogP contribution in [0.4, 0.5) is 10.6 Å². The van der Waals surface area contributed by atoms with Crippen LogP contribution >= 0.6 is 0 Å². The summed E-state index contributed by atoms with van der Waals surface area (Å²) in [5, 5.41) is 15.2. The highest BCUT2D eigenvalue weighted by Crippen LogP contribution is 2.18. The molecular weight excluding hydrogens is 252 g/mol. The number of fused-ring (bicyclic) bond motifs is 1. The molecule has 2 rings (SSSR count). The minimum Gasteiger partial charge on any atom is -0.478 e. The lowest BCUT2D eigenvalue weighted by molar-refractivity contribution is 0.0699. The average molecular weight is 262 g/mol. The second-order valence-electron chi connectivity index (χ2n) is 3.44. The molecular formula is C11H10N4O4. The molecule has 8 nitrogen and oxygen atoms in total. The van der Waals surface area contributed by atoms with E-state index in [4.69, 9.17) is 9.84 Å². The van der Waals surface area contributed by atoms with Gasteiger partial charge in [0.05, 0.1) is 6.20 Å². The first-order valence-corrected chi connectivity index (χ1v) is 5.23. The minimum absolute atomic E-state index is 0.0417. The van der Waals surface area contributed by atoms with Gasteiger partial charge in [-0.3, -0.25) is 5.32 Å². The van der Waals surface area contributed by atoms with E-state index in [2.05, 4.69) is 22.0 Å². The molecule has 2 aromatic heterocycles. The fourth-order valence-corrected chi connectivity index (χ4v) is 1.46. The molecule has 0 saturated carbocycles. The van der Waals surface area contributed by atoms with Gasteiger partial charge in [0, 0.05) is 12.4 Å². The van der Waals surface area contributed by atoms with E-state index < -0.39 is 12.1 Å². The van der Waals surface area contributed by atoms with Crippen molar-refractivity contribution in [2.45, 2.75) is 0 Å². The molecule has 0 aliphatic carbocycles. The summed E-state index contributed by atoms with van der Waals surface area (Å²) in [4.78, 5) is 26.4. The molecule has 98 valence electrons. The van der Waals surface area contributed by atoms with Crippen molar-refractivity contribution in [3.63, 3.8) is 0 Å². The lowest BCUT2D eigenvalue weighted by Gasteiger charge is -2.06. The number of nitrogens with one attached hydrogen (secondary N) is 1. The third kappa shape index (κ3) is 2.51. The summed E-state index contributed by atoms with van der Waals surface area (Å²) < 4.78 is 6.04. The third-order valence-electron chi connectivity index (χ3n) is 2.21. The fourth-order valence-electron chi connectivity index (χ4n) is 1.46. The zero-order chi connectivity index (χ0) is 13.8. The molecule has 0 aliphatic rings. The van der Waals surface area contributed by atoms with Crippen LogP contribution in [0.2, 0.25) is 0 Å². The second-order valence-corrected chi connectivity index (χ2v) is 3.44. The van der Waals surface area contributed by atoms with Gasteiger partial charge in [-0.05, 0) is 0 Å². The maximum absolute atomic E-state index is 11.4. The van der Waals surface area contributed by atoms with Crippen molar-refractivity contribution in [2.75, 3.05) is 11.9 Å². The molecule has 0 bridgehead atoms. The first-order chi connectivity index (χ1) is 9.13. The molecule has 0 aromatic carbocycles. The number of amides is 1. The number of hydrogen-bond donors (Lipinski definition) is 2. The van der Waals surface area contributed by atoms with Crippen molar-refractivity contribution < 1.29 is 19.4 Å². The zero-order valence-electron chi connectivity index (χ0n) is 9.74. The van der Waals surface area contributed by atoms with Gasteiger partial charge in [0.1, 0.15) is 17.7 Å². The van der Waals surface area contributed by atoms with Gasteiger partial charge in [0.25, 0.3) is 0 Å². The number of anilines is 1. The summed E-state index contributed by atoms with van der Waals surface area (Å²) >= 11 is 0. The third-order valence-corrected chi connectivity index (χ3v) is 2.21. The van der Waals surface area contributed by atoms with Gasteiger partial charge < -0.3 is 9.84 Å². The van der Waals surface area contributed by atoms with Crippen LogP contribution in [0.25, 0.3) is 5.52 Å². The van der Waals surface area contributed by atoms with Crippen LogP contribution < -0.4 is 5.32 Å². The molecule has 0 fully saturated rings. The van der Waals surface area contributed by atoms with Gasteiger partial charge in [0.15, 0.2) is 5.82 Å². The quantitative estimate of drug-likeness (QED) is 0.801. The second kappa shape index (κ2) is 5.17. The molecule has 0 radical (unpaired) electrons. The Morgan fingerprint density at radius 1 is 1.58 bits per heavy atom. The van der Waals surface area contributed by atoms with Gasteiger partial charge in [-0.2, -0.15) is 5.10 Å². The van der Waals surface area contributed by atoms with Crippen LogP contribution in [0, 0.1) is 0 Å². The maximum Gasteiger partial charge on any atom is 0.413 e. The average Bonchev–Trinajstić information content (AvgIpc) is 2.81. The Kier molecular flexibility index (Phi) is 3.42. The Labute approximate surface area is 107 Å². The maximum atomic E-state index is 11.4. The Morgan fingerprint density at radius 2 is 2.37 bits per heavy atom. The van der Waals surface area contributed by atoms with Crippen molar-refractivity contribution in [1.82, 2.24) is 14.6 Å². The first-order valence-electron chi connectivity index (χ1n) is 5.23. The van der Waals surface area contributed by atoms with Crippen molar-refractivity contribution in [1.29, 1.82) is 0 Å². The van der Waals surface area contributed by atoms with Gasteiger partial charge in [-0.25, -0.2) is 19.1 Å². The molecule has 0 unspecified atom stereocenters. The molecule has 2 N–H and O–H groups in total. The number of carboxylic acids is 1. The Balaban J connectivity index is 2.37. The Bertz CT molecular complexity index is 649. The van der Waals surface area contributed by atoms with Gasteiger partial charge in [-0.15, -0.1) is 0 Å². The van der Waals surface area contributed by atoms with E-state index in [0.29, 0.717) is 0 Å². The lowest BCUT2D eigenvalue weighted by Crippen LogP contribution is -2.15. The molecule has 1 amide bonds. The highest BCUT2D eigenvalue weighted by atomic mass is 16.5. The smallest absolute Gasteiger partial charge is 0.413 e. The van der Waals surface area contributed by atoms with Gasteiger partial charge in [0.2, 0.25) is 0 Å². The van der Waals surface area contributed by atoms with E-state index in [1.165, 1.54) is 29.2 Å². The molecule has 0 saturated heterocycles. The van der Waals surface area contributed by atoms with Crippen molar-refractivity contribution >= 4 is 23.4 Å². The van der Waals surface area contributed by atoms with Crippen LogP contribution in [-0.2, 0) is 4.74 Å². The number of carbonyl (C=O) groups excluding carboxylic acids is 1. The van der Waals surface area contributed by atoms with Crippen molar-refractivity contribution in [3.05, 3.63) is 36.8 Å².